The molecule has 0 aliphatic heterocycles. The Morgan fingerprint density at radius 1 is 0.917 bits per heavy atom. The van der Waals surface area contributed by atoms with Crippen LogP contribution in [0.5, 0.6) is 0 Å². The zero-order valence-electron chi connectivity index (χ0n) is 9.78. The first kappa shape index (κ1) is 12.2. The molecule has 1 heteroatoms. The minimum absolute atomic E-state index is 0.829. The first-order valence-electron chi connectivity index (χ1n) is 5.33. The maximum absolute atomic E-state index is 2.54. The van der Waals surface area contributed by atoms with E-state index in [1.54, 1.807) is 0 Å². The van der Waals surface area contributed by atoms with Crippen LogP contribution in [0.4, 0.5) is 0 Å². The predicted molar refractivity (Wildman–Crippen MR) is 61.4 cm³/mol. The highest BCUT2D eigenvalue weighted by molar-refractivity contribution is 6.77. The van der Waals surface area contributed by atoms with Crippen LogP contribution in [0.1, 0.15) is 34.1 Å². The van der Waals surface area contributed by atoms with Crippen molar-refractivity contribution in [1.82, 2.24) is 0 Å². The van der Waals surface area contributed by atoms with Gasteiger partial charge in [0.05, 0.1) is 0 Å². The summed E-state index contributed by atoms with van der Waals surface area (Å²) in [7, 11) is -0.829. The van der Waals surface area contributed by atoms with Crippen LogP contribution in [0.15, 0.2) is 0 Å². The maximum Gasteiger partial charge on any atom is 0.0476 e. The molecule has 0 saturated heterocycles. The molecule has 0 aliphatic carbocycles. The van der Waals surface area contributed by atoms with Gasteiger partial charge in [0.2, 0.25) is 0 Å². The summed E-state index contributed by atoms with van der Waals surface area (Å²) in [4.78, 5) is 0. The van der Waals surface area contributed by atoms with Crippen LogP contribution in [-0.4, -0.2) is 8.07 Å². The minimum atomic E-state index is -0.829. The van der Waals surface area contributed by atoms with E-state index in [0.717, 1.165) is 11.8 Å². The molecule has 12 heavy (non-hydrogen) atoms. The standard InChI is InChI=1S/C11H26Si/c1-10(2)7-8-12(5,6)9-11(3)4/h10-11H,7-9H2,1-6H3. The van der Waals surface area contributed by atoms with E-state index in [2.05, 4.69) is 40.8 Å². The molecule has 0 aromatic carbocycles. The van der Waals surface area contributed by atoms with Crippen LogP contribution in [0.25, 0.3) is 0 Å². The molecule has 0 aromatic heterocycles. The molecule has 0 nitrogen and oxygen atoms in total. The summed E-state index contributed by atoms with van der Waals surface area (Å²) >= 11 is 0. The largest absolute Gasteiger partial charge is 0.0693 e. The highest BCUT2D eigenvalue weighted by Gasteiger charge is 2.21. The third-order valence-corrected chi connectivity index (χ3v) is 5.92. The van der Waals surface area contributed by atoms with E-state index in [-0.39, 0.29) is 0 Å². The Bertz CT molecular complexity index is 114. The lowest BCUT2D eigenvalue weighted by Gasteiger charge is -2.25. The third-order valence-electron chi connectivity index (χ3n) is 2.36. The van der Waals surface area contributed by atoms with Crippen molar-refractivity contribution in [3.8, 4) is 0 Å². The molecule has 0 atom stereocenters. The summed E-state index contributed by atoms with van der Waals surface area (Å²) in [6, 6.07) is 3.02. The van der Waals surface area contributed by atoms with Crippen molar-refractivity contribution in [2.75, 3.05) is 0 Å². The Labute approximate surface area is 79.8 Å². The summed E-state index contributed by atoms with van der Waals surface area (Å²) in [5.74, 6) is 1.79. The van der Waals surface area contributed by atoms with Gasteiger partial charge in [-0.05, 0) is 11.8 Å². The number of hydrogen-bond acceptors (Lipinski definition) is 0. The van der Waals surface area contributed by atoms with Crippen LogP contribution < -0.4 is 0 Å². The van der Waals surface area contributed by atoms with Crippen LogP contribution in [-0.2, 0) is 0 Å². The topological polar surface area (TPSA) is 0 Å². The summed E-state index contributed by atoms with van der Waals surface area (Å²) in [5, 5.41) is 0. The second-order valence-electron chi connectivity index (χ2n) is 5.69. The van der Waals surface area contributed by atoms with Gasteiger partial charge in [-0.3, -0.25) is 0 Å². The monoisotopic (exact) mass is 186 g/mol. The Balaban J connectivity index is 3.71. The van der Waals surface area contributed by atoms with Gasteiger partial charge >= 0.3 is 0 Å². The first-order valence-corrected chi connectivity index (χ1v) is 8.75. The Morgan fingerprint density at radius 2 is 1.42 bits per heavy atom. The maximum atomic E-state index is 2.54. The summed E-state index contributed by atoms with van der Waals surface area (Å²) < 4.78 is 0. The van der Waals surface area contributed by atoms with Crippen LogP contribution in [0, 0.1) is 11.8 Å². The molecule has 0 radical (unpaired) electrons. The smallest absolute Gasteiger partial charge is 0.0476 e. The summed E-state index contributed by atoms with van der Waals surface area (Å²) in [6.45, 7) is 14.4. The fraction of sp³-hybridized carbons (Fsp3) is 1.00. The van der Waals surface area contributed by atoms with Crippen molar-refractivity contribution in [3.63, 3.8) is 0 Å². The van der Waals surface area contributed by atoms with E-state index in [1.165, 1.54) is 18.5 Å². The van der Waals surface area contributed by atoms with Gasteiger partial charge in [0.1, 0.15) is 0 Å². The molecule has 0 unspecified atom stereocenters. The fourth-order valence-electron chi connectivity index (χ4n) is 1.89. The van der Waals surface area contributed by atoms with Crippen LogP contribution in [0.2, 0.25) is 25.2 Å². The third kappa shape index (κ3) is 6.90. The first-order chi connectivity index (χ1) is 5.33. The number of rotatable bonds is 5. The van der Waals surface area contributed by atoms with Gasteiger partial charge in [0.25, 0.3) is 0 Å². The molecule has 0 aliphatic rings. The van der Waals surface area contributed by atoms with Gasteiger partial charge in [-0.2, -0.15) is 0 Å². The normalized spacial score (nSPS) is 13.0. The van der Waals surface area contributed by atoms with E-state index < -0.39 is 8.07 Å². The lowest BCUT2D eigenvalue weighted by molar-refractivity contribution is 0.614. The van der Waals surface area contributed by atoms with E-state index >= 15 is 0 Å². The van der Waals surface area contributed by atoms with Gasteiger partial charge < -0.3 is 0 Å². The Hall–Kier alpha value is 0.217. The van der Waals surface area contributed by atoms with Gasteiger partial charge in [-0.25, -0.2) is 0 Å². The van der Waals surface area contributed by atoms with Crippen LogP contribution >= 0.6 is 0 Å². The van der Waals surface area contributed by atoms with Crippen molar-refractivity contribution >= 4 is 8.07 Å². The van der Waals surface area contributed by atoms with Gasteiger partial charge in [0, 0.05) is 8.07 Å². The highest BCUT2D eigenvalue weighted by atomic mass is 28.3. The van der Waals surface area contributed by atoms with E-state index in [1.807, 2.05) is 0 Å². The Kier molecular flexibility index (Phi) is 5.15. The quantitative estimate of drug-likeness (QED) is 0.558. The molecule has 0 bridgehead atoms. The van der Waals surface area contributed by atoms with Crippen molar-refractivity contribution in [2.45, 2.75) is 59.3 Å². The molecule has 0 N–H and O–H groups in total. The molecule has 0 amide bonds. The molecule has 0 aromatic rings. The van der Waals surface area contributed by atoms with E-state index in [0.29, 0.717) is 0 Å². The highest BCUT2D eigenvalue weighted by Crippen LogP contribution is 2.24. The minimum Gasteiger partial charge on any atom is -0.0693 e. The molecule has 0 fully saturated rings. The Morgan fingerprint density at radius 3 is 1.75 bits per heavy atom. The average molecular weight is 186 g/mol. The number of hydrogen-bond donors (Lipinski definition) is 0. The summed E-state index contributed by atoms with van der Waals surface area (Å²) in [5.41, 5.74) is 0. The fourth-order valence-corrected chi connectivity index (χ4v) is 5.66. The lowest BCUT2D eigenvalue weighted by Crippen LogP contribution is -2.27. The van der Waals surface area contributed by atoms with Crippen LogP contribution in [0.3, 0.4) is 0 Å². The molecular formula is C11H26Si. The second-order valence-corrected chi connectivity index (χ2v) is 10.9. The predicted octanol–water partition coefficient (Wildman–Crippen LogP) is 4.40. The van der Waals surface area contributed by atoms with Crippen molar-refractivity contribution in [3.05, 3.63) is 0 Å². The van der Waals surface area contributed by atoms with Gasteiger partial charge in [-0.15, -0.1) is 0 Å². The van der Waals surface area contributed by atoms with Crippen molar-refractivity contribution in [1.29, 1.82) is 0 Å². The summed E-state index contributed by atoms with van der Waals surface area (Å²) in [6.07, 6.45) is 1.44. The van der Waals surface area contributed by atoms with E-state index in [9.17, 15) is 0 Å². The molecule has 0 spiro atoms. The second kappa shape index (κ2) is 5.06. The molecule has 74 valence electrons. The van der Waals surface area contributed by atoms with Gasteiger partial charge in [-0.1, -0.05) is 59.3 Å². The van der Waals surface area contributed by atoms with E-state index in [4.69, 9.17) is 0 Å². The SMILES string of the molecule is CC(C)CC[Si](C)(C)CC(C)C. The molecule has 0 heterocycles. The molecule has 0 saturated carbocycles. The van der Waals surface area contributed by atoms with Crippen molar-refractivity contribution in [2.24, 2.45) is 11.8 Å². The van der Waals surface area contributed by atoms with Crippen molar-refractivity contribution < 1.29 is 0 Å². The molecule has 0 rings (SSSR count). The lowest BCUT2D eigenvalue weighted by atomic mass is 10.2. The average Bonchev–Trinajstić information content (AvgIpc) is 1.81. The molecular weight excluding hydrogens is 160 g/mol. The zero-order chi connectivity index (χ0) is 9.78. The zero-order valence-corrected chi connectivity index (χ0v) is 10.8. The van der Waals surface area contributed by atoms with Gasteiger partial charge in [0.15, 0.2) is 0 Å².